The molecule has 0 bridgehead atoms. The molecule has 0 aromatic heterocycles. The number of para-hydroxylation sites is 1. The molecule has 1 heterocycles. The van der Waals surface area contributed by atoms with Gasteiger partial charge in [-0.15, -0.1) is 0 Å². The number of benzene rings is 2. The highest BCUT2D eigenvalue weighted by Gasteiger charge is 2.23. The van der Waals surface area contributed by atoms with Crippen LogP contribution in [0.3, 0.4) is 0 Å². The Morgan fingerprint density at radius 1 is 1.17 bits per heavy atom. The lowest BCUT2D eigenvalue weighted by Gasteiger charge is -2.20. The van der Waals surface area contributed by atoms with Crippen LogP contribution in [0.25, 0.3) is 0 Å². The maximum atomic E-state index is 13.6. The number of rotatable bonds is 6. The molecule has 1 fully saturated rings. The summed E-state index contributed by atoms with van der Waals surface area (Å²) < 4.78 is 13.6. The van der Waals surface area contributed by atoms with Crippen LogP contribution in [0.2, 0.25) is 0 Å². The third-order valence-corrected chi connectivity index (χ3v) is 5.01. The van der Waals surface area contributed by atoms with Crippen molar-refractivity contribution in [2.24, 2.45) is 4.99 Å². The minimum absolute atomic E-state index is 0.289. The van der Waals surface area contributed by atoms with Gasteiger partial charge in [0.1, 0.15) is 5.82 Å². The number of hydrogen-bond donors (Lipinski definition) is 3. The molecular formula is C22H28FN5O. The van der Waals surface area contributed by atoms with E-state index in [0.717, 1.165) is 19.5 Å². The maximum Gasteiger partial charge on any atom is 0.251 e. The summed E-state index contributed by atoms with van der Waals surface area (Å²) in [6.45, 7) is 4.52. The molecule has 1 unspecified atom stereocenters. The van der Waals surface area contributed by atoms with Crippen molar-refractivity contribution in [2.75, 3.05) is 38.1 Å². The number of aryl methyl sites for hydroxylation is 1. The molecule has 1 aliphatic rings. The van der Waals surface area contributed by atoms with Crippen LogP contribution in [0.15, 0.2) is 53.5 Å². The van der Waals surface area contributed by atoms with Gasteiger partial charge in [0.15, 0.2) is 5.96 Å². The lowest BCUT2D eigenvalue weighted by Crippen LogP contribution is -2.46. The van der Waals surface area contributed by atoms with Crippen molar-refractivity contribution in [3.05, 3.63) is 65.5 Å². The number of guanidine groups is 1. The van der Waals surface area contributed by atoms with E-state index in [2.05, 4.69) is 50.1 Å². The summed E-state index contributed by atoms with van der Waals surface area (Å²) in [6, 6.07) is 15.2. The van der Waals surface area contributed by atoms with Crippen LogP contribution in [-0.4, -0.2) is 51.1 Å². The Hall–Kier alpha value is -3.09. The van der Waals surface area contributed by atoms with Gasteiger partial charge in [0.25, 0.3) is 5.91 Å². The van der Waals surface area contributed by atoms with Crippen molar-refractivity contribution in [1.29, 1.82) is 0 Å². The highest BCUT2D eigenvalue weighted by molar-refractivity contribution is 5.94. The monoisotopic (exact) mass is 397 g/mol. The number of hydrogen-bond acceptors (Lipinski definition) is 3. The topological polar surface area (TPSA) is 68.8 Å². The van der Waals surface area contributed by atoms with E-state index < -0.39 is 0 Å². The van der Waals surface area contributed by atoms with E-state index in [1.807, 2.05) is 6.07 Å². The molecule has 1 amide bonds. The van der Waals surface area contributed by atoms with E-state index in [4.69, 9.17) is 0 Å². The van der Waals surface area contributed by atoms with Gasteiger partial charge in [0, 0.05) is 50.5 Å². The van der Waals surface area contributed by atoms with Gasteiger partial charge in [-0.25, -0.2) is 4.39 Å². The van der Waals surface area contributed by atoms with E-state index in [0.29, 0.717) is 36.2 Å². The summed E-state index contributed by atoms with van der Waals surface area (Å²) in [5, 5.41) is 9.43. The van der Waals surface area contributed by atoms with Crippen molar-refractivity contribution in [3.63, 3.8) is 0 Å². The number of carbonyl (C=O) groups excluding carboxylic acids is 1. The summed E-state index contributed by atoms with van der Waals surface area (Å²) >= 11 is 0. The first-order valence-electron chi connectivity index (χ1n) is 9.88. The van der Waals surface area contributed by atoms with Crippen molar-refractivity contribution < 1.29 is 9.18 Å². The molecule has 0 aliphatic carbocycles. The van der Waals surface area contributed by atoms with E-state index in [9.17, 15) is 9.18 Å². The van der Waals surface area contributed by atoms with Crippen molar-refractivity contribution in [3.8, 4) is 0 Å². The molecule has 0 spiro atoms. The van der Waals surface area contributed by atoms with Gasteiger partial charge in [0.2, 0.25) is 0 Å². The molecule has 0 saturated carbocycles. The molecule has 3 rings (SSSR count). The smallest absolute Gasteiger partial charge is 0.251 e. The number of nitrogens with zero attached hydrogens (tertiary/aromatic N) is 2. The summed E-state index contributed by atoms with van der Waals surface area (Å²) in [7, 11) is 1.73. The first-order chi connectivity index (χ1) is 14.1. The molecular weight excluding hydrogens is 369 g/mol. The van der Waals surface area contributed by atoms with E-state index in [1.165, 1.54) is 11.8 Å². The number of amides is 1. The normalized spacial score (nSPS) is 16.6. The second-order valence-electron chi connectivity index (χ2n) is 7.13. The molecule has 0 radical (unpaired) electrons. The largest absolute Gasteiger partial charge is 0.369 e. The number of aliphatic imine (C=N–C) groups is 1. The lowest BCUT2D eigenvalue weighted by molar-refractivity contribution is 0.0954. The number of nitrogens with one attached hydrogen (secondary N) is 3. The SMILES string of the molecule is CN=C(NCCNC(=O)c1ccc(C)c(F)c1)NC1CCN(c2ccccc2)C1. The number of carbonyl (C=O) groups is 1. The summed E-state index contributed by atoms with van der Waals surface area (Å²) in [5.74, 6) is 0.0463. The Kier molecular flexibility index (Phi) is 7.05. The van der Waals surface area contributed by atoms with Crippen LogP contribution in [-0.2, 0) is 0 Å². The van der Waals surface area contributed by atoms with Crippen molar-refractivity contribution >= 4 is 17.6 Å². The van der Waals surface area contributed by atoms with Gasteiger partial charge in [0.05, 0.1) is 0 Å². The van der Waals surface area contributed by atoms with Gasteiger partial charge in [-0.3, -0.25) is 9.79 Å². The standard InChI is InChI=1S/C22H28FN5O/c1-16-8-9-17(14-20(16)23)21(29)25-11-12-26-22(24-2)27-18-10-13-28(15-18)19-6-4-3-5-7-19/h3-9,14,18H,10-13,15H2,1-2H3,(H,25,29)(H2,24,26,27). The fourth-order valence-corrected chi connectivity index (χ4v) is 3.33. The fraction of sp³-hybridized carbons (Fsp3) is 0.364. The summed E-state index contributed by atoms with van der Waals surface area (Å²) in [5.41, 5.74) is 2.08. The van der Waals surface area contributed by atoms with Crippen molar-refractivity contribution in [1.82, 2.24) is 16.0 Å². The van der Waals surface area contributed by atoms with Gasteiger partial charge in [-0.05, 0) is 43.2 Å². The molecule has 2 aromatic rings. The molecule has 2 aromatic carbocycles. The average Bonchev–Trinajstić information content (AvgIpc) is 3.21. The molecule has 29 heavy (non-hydrogen) atoms. The molecule has 3 N–H and O–H groups in total. The lowest BCUT2D eigenvalue weighted by atomic mass is 10.1. The highest BCUT2D eigenvalue weighted by Crippen LogP contribution is 2.19. The third-order valence-electron chi connectivity index (χ3n) is 5.01. The molecule has 1 atom stereocenters. The predicted molar refractivity (Wildman–Crippen MR) is 115 cm³/mol. The van der Waals surface area contributed by atoms with E-state index in [-0.39, 0.29) is 11.7 Å². The Balaban J connectivity index is 1.39. The van der Waals surface area contributed by atoms with Crippen LogP contribution < -0.4 is 20.9 Å². The van der Waals surface area contributed by atoms with E-state index >= 15 is 0 Å². The second-order valence-corrected chi connectivity index (χ2v) is 7.13. The van der Waals surface area contributed by atoms with Crippen LogP contribution >= 0.6 is 0 Å². The Morgan fingerprint density at radius 2 is 1.93 bits per heavy atom. The van der Waals surface area contributed by atoms with E-state index in [1.54, 1.807) is 26.1 Å². The number of anilines is 1. The molecule has 1 aliphatic heterocycles. The predicted octanol–water partition coefficient (Wildman–Crippen LogP) is 2.31. The van der Waals surface area contributed by atoms with Gasteiger partial charge < -0.3 is 20.9 Å². The molecule has 1 saturated heterocycles. The molecule has 154 valence electrons. The Labute approximate surface area is 171 Å². The Morgan fingerprint density at radius 3 is 2.66 bits per heavy atom. The first kappa shape index (κ1) is 20.6. The minimum atomic E-state index is -0.374. The zero-order chi connectivity index (χ0) is 20.6. The van der Waals surface area contributed by atoms with Crippen LogP contribution in [0.1, 0.15) is 22.3 Å². The quantitative estimate of drug-likeness (QED) is 0.398. The second kappa shape index (κ2) is 9.91. The summed E-state index contributed by atoms with van der Waals surface area (Å²) in [6.07, 6.45) is 1.03. The van der Waals surface area contributed by atoms with Gasteiger partial charge in [-0.2, -0.15) is 0 Å². The highest BCUT2D eigenvalue weighted by atomic mass is 19.1. The summed E-state index contributed by atoms with van der Waals surface area (Å²) in [4.78, 5) is 18.7. The van der Waals surface area contributed by atoms with Crippen LogP contribution in [0.4, 0.5) is 10.1 Å². The first-order valence-corrected chi connectivity index (χ1v) is 9.88. The van der Waals surface area contributed by atoms with Gasteiger partial charge in [-0.1, -0.05) is 24.3 Å². The third kappa shape index (κ3) is 5.70. The fourth-order valence-electron chi connectivity index (χ4n) is 3.33. The minimum Gasteiger partial charge on any atom is -0.369 e. The Bertz CT molecular complexity index is 856. The number of halogens is 1. The zero-order valence-corrected chi connectivity index (χ0v) is 16.9. The molecule has 6 nitrogen and oxygen atoms in total. The average molecular weight is 397 g/mol. The van der Waals surface area contributed by atoms with Crippen LogP contribution in [0.5, 0.6) is 0 Å². The molecule has 7 heteroatoms. The zero-order valence-electron chi connectivity index (χ0n) is 16.9. The van der Waals surface area contributed by atoms with Crippen molar-refractivity contribution in [2.45, 2.75) is 19.4 Å². The van der Waals surface area contributed by atoms with Gasteiger partial charge >= 0.3 is 0 Å². The van der Waals surface area contributed by atoms with Crippen LogP contribution in [0, 0.1) is 12.7 Å². The maximum absolute atomic E-state index is 13.6.